The zero-order valence-electron chi connectivity index (χ0n) is 10.8. The van der Waals surface area contributed by atoms with E-state index in [-0.39, 0.29) is 6.10 Å². The Balaban J connectivity index is 1.79. The van der Waals surface area contributed by atoms with Gasteiger partial charge in [0.1, 0.15) is 29.5 Å². The number of hydrogen-bond donors (Lipinski definition) is 3. The largest absolute Gasteiger partial charge is 0.385 e. The molecule has 1 saturated heterocycles. The molecule has 1 aliphatic carbocycles. The Morgan fingerprint density at radius 3 is 3.10 bits per heavy atom. The molecular weight excluding hydrogens is 260 g/mol. The summed E-state index contributed by atoms with van der Waals surface area (Å²) >= 11 is 0. The number of anilines is 1. The fourth-order valence-corrected chi connectivity index (χ4v) is 3.41. The molecule has 4 atom stereocenters. The molecule has 4 rings (SSSR count). The van der Waals surface area contributed by atoms with Gasteiger partial charge in [-0.05, 0) is 25.3 Å². The first-order chi connectivity index (χ1) is 9.61. The Morgan fingerprint density at radius 2 is 2.30 bits per heavy atom. The number of fused-ring (bicyclic) bond motifs is 2. The lowest BCUT2D eigenvalue weighted by molar-refractivity contribution is -0.0637. The number of hydrogen-bond acceptors (Lipinski definition) is 6. The van der Waals surface area contributed by atoms with E-state index in [4.69, 9.17) is 10.5 Å². The minimum absolute atomic E-state index is 0.320. The zero-order valence-corrected chi connectivity index (χ0v) is 10.8. The van der Waals surface area contributed by atoms with Gasteiger partial charge in [0.15, 0.2) is 6.23 Å². The van der Waals surface area contributed by atoms with Crippen LogP contribution in [0.1, 0.15) is 25.5 Å². The van der Waals surface area contributed by atoms with Gasteiger partial charge in [-0.1, -0.05) is 0 Å². The van der Waals surface area contributed by atoms with Crippen LogP contribution >= 0.6 is 0 Å². The molecule has 7 heteroatoms. The van der Waals surface area contributed by atoms with Crippen molar-refractivity contribution in [2.45, 2.75) is 43.3 Å². The van der Waals surface area contributed by atoms with Crippen LogP contribution in [0.5, 0.6) is 0 Å². The molecule has 106 valence electrons. The highest BCUT2D eigenvalue weighted by Crippen LogP contribution is 2.47. The van der Waals surface area contributed by atoms with Crippen molar-refractivity contribution in [2.24, 2.45) is 0 Å². The molecule has 1 aliphatic heterocycles. The Labute approximate surface area is 115 Å². The molecule has 0 bridgehead atoms. The quantitative estimate of drug-likeness (QED) is 0.686. The van der Waals surface area contributed by atoms with E-state index in [9.17, 15) is 10.2 Å². The lowest BCUT2D eigenvalue weighted by Crippen LogP contribution is -2.43. The van der Waals surface area contributed by atoms with E-state index in [1.165, 1.54) is 6.33 Å². The summed E-state index contributed by atoms with van der Waals surface area (Å²) in [5.74, 6) is 0.389. The first-order valence-corrected chi connectivity index (χ1v) is 6.74. The average molecular weight is 276 g/mol. The minimum atomic E-state index is -1.15. The fourth-order valence-electron chi connectivity index (χ4n) is 3.41. The second kappa shape index (κ2) is 3.91. The number of aromatic nitrogens is 3. The molecule has 7 nitrogen and oxygen atoms in total. The van der Waals surface area contributed by atoms with Crippen LogP contribution in [0, 0.1) is 0 Å². The first-order valence-electron chi connectivity index (χ1n) is 6.74. The maximum atomic E-state index is 10.5. The fraction of sp³-hybridized carbons (Fsp3) is 0.538. The van der Waals surface area contributed by atoms with Crippen molar-refractivity contribution < 1.29 is 14.9 Å². The summed E-state index contributed by atoms with van der Waals surface area (Å²) in [5, 5.41) is 21.7. The molecule has 2 aromatic heterocycles. The highest BCUT2D eigenvalue weighted by atomic mass is 16.6. The van der Waals surface area contributed by atoms with Gasteiger partial charge in [-0.15, -0.1) is 0 Å². The number of ether oxygens (including phenoxy) is 1. The molecule has 2 aliphatic rings. The van der Waals surface area contributed by atoms with Crippen molar-refractivity contribution in [3.8, 4) is 0 Å². The van der Waals surface area contributed by atoms with Gasteiger partial charge < -0.3 is 25.3 Å². The maximum absolute atomic E-state index is 10.5. The first kappa shape index (κ1) is 12.1. The van der Waals surface area contributed by atoms with Crippen LogP contribution in [0.4, 0.5) is 5.82 Å². The molecule has 0 aromatic carbocycles. The Hall–Kier alpha value is -1.70. The number of nitrogen functional groups attached to an aromatic ring is 1. The van der Waals surface area contributed by atoms with Gasteiger partial charge in [0.25, 0.3) is 0 Å². The summed E-state index contributed by atoms with van der Waals surface area (Å²) in [6.45, 7) is 0. The van der Waals surface area contributed by atoms with Crippen LogP contribution in [0.25, 0.3) is 11.0 Å². The number of aliphatic hydroxyl groups excluding tert-OH is 1. The van der Waals surface area contributed by atoms with Crippen molar-refractivity contribution >= 4 is 16.9 Å². The highest BCUT2D eigenvalue weighted by molar-refractivity contribution is 5.86. The van der Waals surface area contributed by atoms with E-state index in [1.807, 2.05) is 0 Å². The molecule has 3 heterocycles. The third-order valence-electron chi connectivity index (χ3n) is 4.50. The van der Waals surface area contributed by atoms with Gasteiger partial charge in [-0.2, -0.15) is 0 Å². The van der Waals surface area contributed by atoms with Crippen molar-refractivity contribution in [1.29, 1.82) is 0 Å². The Bertz CT molecular complexity index is 673. The smallest absolute Gasteiger partial charge is 0.164 e. The summed E-state index contributed by atoms with van der Waals surface area (Å²) in [4.78, 5) is 8.13. The molecule has 4 N–H and O–H groups in total. The molecule has 0 radical (unpaired) electrons. The van der Waals surface area contributed by atoms with Crippen LogP contribution in [0.2, 0.25) is 0 Å². The summed E-state index contributed by atoms with van der Waals surface area (Å²) < 4.78 is 7.57. The second-order valence-corrected chi connectivity index (χ2v) is 5.56. The number of nitrogens with two attached hydrogens (primary N) is 1. The van der Waals surface area contributed by atoms with Crippen molar-refractivity contribution in [1.82, 2.24) is 14.5 Å². The standard InChI is InChI=1S/C13H16N4O3/c14-10-7-3-5-17(11(7)16-6-15-10)12-9(18)13(19)4-1-2-8(13)20-12/h3,5-6,8-9,12,18-19H,1-2,4H2,(H2,14,15,16). The van der Waals surface area contributed by atoms with Crippen LogP contribution in [0.3, 0.4) is 0 Å². The highest BCUT2D eigenvalue weighted by Gasteiger charge is 2.58. The van der Waals surface area contributed by atoms with Gasteiger partial charge in [0.05, 0.1) is 11.5 Å². The molecule has 0 amide bonds. The van der Waals surface area contributed by atoms with E-state index in [1.54, 1.807) is 16.8 Å². The summed E-state index contributed by atoms with van der Waals surface area (Å²) in [5.41, 5.74) is 5.25. The van der Waals surface area contributed by atoms with Crippen LogP contribution in [-0.2, 0) is 4.74 Å². The maximum Gasteiger partial charge on any atom is 0.164 e. The molecule has 0 spiro atoms. The summed E-state index contributed by atoms with van der Waals surface area (Å²) in [7, 11) is 0. The van der Waals surface area contributed by atoms with Gasteiger partial charge >= 0.3 is 0 Å². The molecule has 1 saturated carbocycles. The zero-order chi connectivity index (χ0) is 13.9. The van der Waals surface area contributed by atoms with Gasteiger partial charge in [-0.25, -0.2) is 9.97 Å². The molecule has 2 aromatic rings. The second-order valence-electron chi connectivity index (χ2n) is 5.56. The Morgan fingerprint density at radius 1 is 1.45 bits per heavy atom. The molecule has 4 unspecified atom stereocenters. The van der Waals surface area contributed by atoms with Crippen molar-refractivity contribution in [2.75, 3.05) is 5.73 Å². The predicted molar refractivity (Wildman–Crippen MR) is 70.7 cm³/mol. The average Bonchev–Trinajstić information content (AvgIpc) is 3.06. The van der Waals surface area contributed by atoms with E-state index in [0.29, 0.717) is 23.3 Å². The van der Waals surface area contributed by atoms with Crippen molar-refractivity contribution in [3.05, 3.63) is 18.6 Å². The third-order valence-corrected chi connectivity index (χ3v) is 4.50. The monoisotopic (exact) mass is 276 g/mol. The molecule has 2 fully saturated rings. The topological polar surface area (TPSA) is 106 Å². The Kier molecular flexibility index (Phi) is 2.36. The van der Waals surface area contributed by atoms with E-state index >= 15 is 0 Å². The number of rotatable bonds is 1. The predicted octanol–water partition coefficient (Wildman–Crippen LogP) is 0.187. The molecular formula is C13H16N4O3. The molecule has 20 heavy (non-hydrogen) atoms. The SMILES string of the molecule is Nc1ncnc2c1ccn2C1OC2CCCC2(O)C1O. The lowest BCUT2D eigenvalue weighted by Gasteiger charge is -2.25. The number of nitrogens with zero attached hydrogens (tertiary/aromatic N) is 3. The number of aliphatic hydroxyl groups is 2. The van der Waals surface area contributed by atoms with Gasteiger partial charge in [0.2, 0.25) is 0 Å². The van der Waals surface area contributed by atoms with Crippen LogP contribution in [0.15, 0.2) is 18.6 Å². The normalized spacial score (nSPS) is 36.6. The summed E-state index contributed by atoms with van der Waals surface area (Å²) in [6.07, 6.45) is 3.40. The van der Waals surface area contributed by atoms with E-state index in [2.05, 4.69) is 9.97 Å². The minimum Gasteiger partial charge on any atom is -0.385 e. The van der Waals surface area contributed by atoms with Gasteiger partial charge in [-0.3, -0.25) is 0 Å². The third kappa shape index (κ3) is 1.39. The van der Waals surface area contributed by atoms with E-state index in [0.717, 1.165) is 12.8 Å². The lowest BCUT2D eigenvalue weighted by atomic mass is 9.94. The van der Waals surface area contributed by atoms with Crippen molar-refractivity contribution in [3.63, 3.8) is 0 Å². The summed E-state index contributed by atoms with van der Waals surface area (Å²) in [6, 6.07) is 1.79. The van der Waals surface area contributed by atoms with Crippen LogP contribution < -0.4 is 5.73 Å². The van der Waals surface area contributed by atoms with Gasteiger partial charge in [0, 0.05) is 6.20 Å². The van der Waals surface area contributed by atoms with Crippen LogP contribution in [-0.4, -0.2) is 42.6 Å². The van der Waals surface area contributed by atoms with E-state index < -0.39 is 17.9 Å².